The number of carboxylic acids is 1. The zero-order chi connectivity index (χ0) is 8.97. The standard InChI is InChI=1S/C8H16N2O2.2ClH/c9-6-7(8(11)12)10-4-2-1-3-5-10;;/h7H,1-6,9H2,(H,11,12);2*1H. The van der Waals surface area contributed by atoms with Crippen molar-refractivity contribution in [1.29, 1.82) is 0 Å². The van der Waals surface area contributed by atoms with E-state index in [0.29, 0.717) is 0 Å². The number of nitrogens with two attached hydrogens (primary N) is 1. The zero-order valence-corrected chi connectivity index (χ0v) is 9.65. The summed E-state index contributed by atoms with van der Waals surface area (Å²) in [5.41, 5.74) is 5.38. The molecule has 86 valence electrons. The van der Waals surface area contributed by atoms with Gasteiger partial charge in [0.15, 0.2) is 0 Å². The minimum absolute atomic E-state index is 0. The fourth-order valence-corrected chi connectivity index (χ4v) is 1.64. The maximum Gasteiger partial charge on any atom is 0.322 e. The highest BCUT2D eigenvalue weighted by atomic mass is 35.5. The lowest BCUT2D eigenvalue weighted by Crippen LogP contribution is -2.48. The molecule has 1 unspecified atom stereocenters. The number of piperidine rings is 1. The minimum atomic E-state index is -0.792. The SMILES string of the molecule is Cl.Cl.NCC(C(=O)O)N1CCCCC1. The first-order valence-corrected chi connectivity index (χ1v) is 4.42. The predicted octanol–water partition coefficient (Wildman–Crippen LogP) is 0.728. The fourth-order valence-electron chi connectivity index (χ4n) is 1.64. The molecule has 0 amide bonds. The third-order valence-electron chi connectivity index (χ3n) is 2.34. The summed E-state index contributed by atoms with van der Waals surface area (Å²) in [5.74, 6) is -0.792. The normalized spacial score (nSPS) is 18.9. The van der Waals surface area contributed by atoms with E-state index < -0.39 is 12.0 Å². The third kappa shape index (κ3) is 4.46. The van der Waals surface area contributed by atoms with Crippen molar-refractivity contribution in [2.75, 3.05) is 19.6 Å². The van der Waals surface area contributed by atoms with Crippen molar-refractivity contribution in [1.82, 2.24) is 4.90 Å². The van der Waals surface area contributed by atoms with Gasteiger partial charge in [0.2, 0.25) is 0 Å². The number of carbonyl (C=O) groups is 1. The van der Waals surface area contributed by atoms with E-state index in [4.69, 9.17) is 10.8 Å². The van der Waals surface area contributed by atoms with Crippen LogP contribution in [0.15, 0.2) is 0 Å². The molecular formula is C8H18Cl2N2O2. The Hall–Kier alpha value is -0.0300. The van der Waals surface area contributed by atoms with Crippen LogP contribution in [0.2, 0.25) is 0 Å². The van der Waals surface area contributed by atoms with Crippen LogP contribution in [-0.4, -0.2) is 41.7 Å². The van der Waals surface area contributed by atoms with Gasteiger partial charge in [0.25, 0.3) is 0 Å². The van der Waals surface area contributed by atoms with Gasteiger partial charge >= 0.3 is 5.97 Å². The van der Waals surface area contributed by atoms with Crippen LogP contribution in [0.1, 0.15) is 19.3 Å². The van der Waals surface area contributed by atoms with Crippen molar-refractivity contribution < 1.29 is 9.90 Å². The number of likely N-dealkylation sites (tertiary alicyclic amines) is 1. The largest absolute Gasteiger partial charge is 0.480 e. The van der Waals surface area contributed by atoms with Gasteiger partial charge in [0.05, 0.1) is 0 Å². The van der Waals surface area contributed by atoms with E-state index in [1.807, 2.05) is 4.90 Å². The lowest BCUT2D eigenvalue weighted by molar-refractivity contribution is -0.143. The first-order chi connectivity index (χ1) is 5.75. The van der Waals surface area contributed by atoms with Crippen LogP contribution in [-0.2, 0) is 4.79 Å². The molecule has 1 fully saturated rings. The monoisotopic (exact) mass is 244 g/mol. The van der Waals surface area contributed by atoms with Crippen molar-refractivity contribution >= 4 is 30.8 Å². The molecule has 6 heteroatoms. The molecule has 1 atom stereocenters. The Morgan fingerprint density at radius 2 is 1.79 bits per heavy atom. The van der Waals surface area contributed by atoms with Gasteiger partial charge in [-0.3, -0.25) is 9.69 Å². The molecular weight excluding hydrogens is 227 g/mol. The molecule has 0 aliphatic carbocycles. The molecule has 0 spiro atoms. The second-order valence-electron chi connectivity index (χ2n) is 3.19. The van der Waals surface area contributed by atoms with Gasteiger partial charge in [0, 0.05) is 6.54 Å². The smallest absolute Gasteiger partial charge is 0.322 e. The molecule has 1 aliphatic heterocycles. The van der Waals surface area contributed by atoms with Gasteiger partial charge in [-0.05, 0) is 25.9 Å². The average Bonchev–Trinajstić information content (AvgIpc) is 2.07. The molecule has 1 aliphatic rings. The molecule has 1 saturated heterocycles. The van der Waals surface area contributed by atoms with E-state index in [-0.39, 0.29) is 31.4 Å². The molecule has 0 radical (unpaired) electrons. The molecule has 0 aromatic heterocycles. The fraction of sp³-hybridized carbons (Fsp3) is 0.875. The summed E-state index contributed by atoms with van der Waals surface area (Å²) in [6.07, 6.45) is 3.42. The molecule has 3 N–H and O–H groups in total. The number of nitrogens with zero attached hydrogens (tertiary/aromatic N) is 1. The number of halogens is 2. The van der Waals surface area contributed by atoms with Crippen molar-refractivity contribution in [3.8, 4) is 0 Å². The molecule has 0 saturated carbocycles. The Morgan fingerprint density at radius 1 is 1.29 bits per heavy atom. The van der Waals surface area contributed by atoms with E-state index >= 15 is 0 Å². The van der Waals surface area contributed by atoms with E-state index in [9.17, 15) is 4.79 Å². The van der Waals surface area contributed by atoms with Crippen LogP contribution in [0.4, 0.5) is 0 Å². The number of hydrogen-bond acceptors (Lipinski definition) is 3. The van der Waals surface area contributed by atoms with Crippen LogP contribution < -0.4 is 5.73 Å². The van der Waals surface area contributed by atoms with Crippen molar-refractivity contribution in [2.45, 2.75) is 25.3 Å². The van der Waals surface area contributed by atoms with Crippen molar-refractivity contribution in [3.63, 3.8) is 0 Å². The van der Waals surface area contributed by atoms with E-state index in [1.165, 1.54) is 6.42 Å². The summed E-state index contributed by atoms with van der Waals surface area (Å²) in [6.45, 7) is 1.98. The lowest BCUT2D eigenvalue weighted by Gasteiger charge is -2.30. The van der Waals surface area contributed by atoms with Gasteiger partial charge in [-0.2, -0.15) is 0 Å². The highest BCUT2D eigenvalue weighted by Crippen LogP contribution is 2.11. The summed E-state index contributed by atoms with van der Waals surface area (Å²) < 4.78 is 0. The first-order valence-electron chi connectivity index (χ1n) is 4.42. The number of rotatable bonds is 3. The van der Waals surface area contributed by atoms with Crippen molar-refractivity contribution in [2.24, 2.45) is 5.73 Å². The maximum absolute atomic E-state index is 10.7. The van der Waals surface area contributed by atoms with Gasteiger partial charge < -0.3 is 10.8 Å². The minimum Gasteiger partial charge on any atom is -0.480 e. The molecule has 0 aromatic rings. The van der Waals surface area contributed by atoms with Gasteiger partial charge in [-0.25, -0.2) is 0 Å². The summed E-state index contributed by atoms with van der Waals surface area (Å²) >= 11 is 0. The molecule has 14 heavy (non-hydrogen) atoms. The summed E-state index contributed by atoms with van der Waals surface area (Å²) in [6, 6.07) is -0.467. The van der Waals surface area contributed by atoms with Crippen LogP contribution in [0, 0.1) is 0 Å². The molecule has 0 aromatic carbocycles. The second-order valence-corrected chi connectivity index (χ2v) is 3.19. The number of hydrogen-bond donors (Lipinski definition) is 2. The Bertz CT molecular complexity index is 163. The van der Waals surface area contributed by atoms with E-state index in [1.54, 1.807) is 0 Å². The Kier molecular flexibility index (Phi) is 9.72. The van der Waals surface area contributed by atoms with Crippen LogP contribution in [0.5, 0.6) is 0 Å². The number of carboxylic acid groups (broad SMARTS) is 1. The topological polar surface area (TPSA) is 66.6 Å². The molecule has 1 rings (SSSR count). The van der Waals surface area contributed by atoms with Gasteiger partial charge in [-0.15, -0.1) is 24.8 Å². The average molecular weight is 245 g/mol. The summed E-state index contributed by atoms with van der Waals surface area (Å²) in [7, 11) is 0. The van der Waals surface area contributed by atoms with E-state index in [0.717, 1.165) is 25.9 Å². The lowest BCUT2D eigenvalue weighted by atomic mass is 10.1. The number of aliphatic carboxylic acids is 1. The first kappa shape index (κ1) is 16.4. The Morgan fingerprint density at radius 3 is 2.14 bits per heavy atom. The highest BCUT2D eigenvalue weighted by molar-refractivity contribution is 5.85. The second kappa shape index (κ2) is 8.29. The van der Waals surface area contributed by atoms with Crippen LogP contribution in [0.3, 0.4) is 0 Å². The van der Waals surface area contributed by atoms with Crippen LogP contribution >= 0.6 is 24.8 Å². The maximum atomic E-state index is 10.7. The van der Waals surface area contributed by atoms with Gasteiger partial charge in [0.1, 0.15) is 6.04 Å². The summed E-state index contributed by atoms with van der Waals surface area (Å²) in [5, 5.41) is 8.80. The van der Waals surface area contributed by atoms with Crippen molar-refractivity contribution in [3.05, 3.63) is 0 Å². The zero-order valence-electron chi connectivity index (χ0n) is 8.02. The summed E-state index contributed by atoms with van der Waals surface area (Å²) in [4.78, 5) is 12.7. The molecule has 4 nitrogen and oxygen atoms in total. The third-order valence-corrected chi connectivity index (χ3v) is 2.34. The quantitative estimate of drug-likeness (QED) is 0.769. The van der Waals surface area contributed by atoms with Gasteiger partial charge in [-0.1, -0.05) is 6.42 Å². The molecule has 0 bridgehead atoms. The Labute approximate surface area is 96.6 Å². The highest BCUT2D eigenvalue weighted by Gasteiger charge is 2.24. The Balaban J connectivity index is 0. The van der Waals surface area contributed by atoms with E-state index in [2.05, 4.69) is 0 Å². The molecule has 1 heterocycles. The van der Waals surface area contributed by atoms with Crippen LogP contribution in [0.25, 0.3) is 0 Å². The predicted molar refractivity (Wildman–Crippen MR) is 60.4 cm³/mol.